The zero-order valence-corrected chi connectivity index (χ0v) is 11.1. The van der Waals surface area contributed by atoms with E-state index >= 15 is 0 Å². The fraction of sp³-hybridized carbons (Fsp3) is 0.500. The average molecular weight is 267 g/mol. The van der Waals surface area contributed by atoms with Crippen LogP contribution < -0.4 is 10.1 Å². The van der Waals surface area contributed by atoms with Crippen LogP contribution in [0.5, 0.6) is 5.75 Å². The van der Waals surface area contributed by atoms with Gasteiger partial charge < -0.3 is 15.2 Å². The van der Waals surface area contributed by atoms with Gasteiger partial charge in [0.15, 0.2) is 5.60 Å². The molecule has 0 aromatic heterocycles. The minimum absolute atomic E-state index is 0.0641. The Morgan fingerprint density at radius 2 is 2.00 bits per heavy atom. The van der Waals surface area contributed by atoms with Crippen molar-refractivity contribution in [1.82, 2.24) is 5.32 Å². The summed E-state index contributed by atoms with van der Waals surface area (Å²) in [4.78, 5) is 12.1. The maximum atomic E-state index is 12.8. The zero-order valence-electron chi connectivity index (χ0n) is 11.1. The van der Waals surface area contributed by atoms with E-state index in [0.717, 1.165) is 12.8 Å². The second kappa shape index (κ2) is 4.81. The number of rotatable bonds is 5. The number of amides is 1. The van der Waals surface area contributed by atoms with Crippen molar-refractivity contribution in [3.05, 3.63) is 30.1 Å². The molecular weight excluding hydrogens is 249 g/mol. The van der Waals surface area contributed by atoms with Crippen LogP contribution in [0.25, 0.3) is 0 Å². The Kier molecular flexibility index (Phi) is 3.49. The van der Waals surface area contributed by atoms with E-state index in [4.69, 9.17) is 4.74 Å². The molecule has 1 aromatic carbocycles. The number of nitrogens with one attached hydrogen (secondary N) is 1. The summed E-state index contributed by atoms with van der Waals surface area (Å²) in [5, 5.41) is 12.0. The van der Waals surface area contributed by atoms with E-state index in [1.165, 1.54) is 24.3 Å². The summed E-state index contributed by atoms with van der Waals surface area (Å²) >= 11 is 0. The highest BCUT2D eigenvalue weighted by Crippen LogP contribution is 2.35. The van der Waals surface area contributed by atoms with Crippen molar-refractivity contribution in [1.29, 1.82) is 0 Å². The first kappa shape index (κ1) is 13.8. The molecule has 2 rings (SSSR count). The van der Waals surface area contributed by atoms with E-state index in [9.17, 15) is 14.3 Å². The standard InChI is InChI=1S/C14H18FNO3/c1-13(2,12(18)16-14(9-17)7-8-14)19-11-5-3-10(15)4-6-11/h3-6,17H,7-9H2,1-2H3,(H,16,18). The molecule has 104 valence electrons. The zero-order chi connectivity index (χ0) is 14.1. The van der Waals surface area contributed by atoms with Gasteiger partial charge in [-0.05, 0) is 51.0 Å². The van der Waals surface area contributed by atoms with E-state index in [1.807, 2.05) is 0 Å². The minimum atomic E-state index is -1.08. The third kappa shape index (κ3) is 3.23. The highest BCUT2D eigenvalue weighted by molar-refractivity contribution is 5.85. The monoisotopic (exact) mass is 267 g/mol. The third-order valence-corrected chi connectivity index (χ3v) is 3.27. The SMILES string of the molecule is CC(C)(Oc1ccc(F)cc1)C(=O)NC1(CO)CC1. The van der Waals surface area contributed by atoms with Gasteiger partial charge in [-0.15, -0.1) is 0 Å². The van der Waals surface area contributed by atoms with Crippen molar-refractivity contribution in [2.75, 3.05) is 6.61 Å². The number of hydrogen-bond acceptors (Lipinski definition) is 3. The molecule has 1 aliphatic rings. The Hall–Kier alpha value is -1.62. The molecule has 0 aliphatic heterocycles. The molecule has 0 radical (unpaired) electrons. The first-order chi connectivity index (χ1) is 8.87. The van der Waals surface area contributed by atoms with Gasteiger partial charge in [-0.25, -0.2) is 4.39 Å². The number of carbonyl (C=O) groups is 1. The van der Waals surface area contributed by atoms with E-state index in [0.29, 0.717) is 5.75 Å². The predicted molar refractivity (Wildman–Crippen MR) is 68.3 cm³/mol. The number of ether oxygens (including phenoxy) is 1. The van der Waals surface area contributed by atoms with Crippen molar-refractivity contribution in [3.63, 3.8) is 0 Å². The second-order valence-corrected chi connectivity index (χ2v) is 5.46. The molecule has 2 N–H and O–H groups in total. The third-order valence-electron chi connectivity index (χ3n) is 3.27. The van der Waals surface area contributed by atoms with Crippen LogP contribution in [0, 0.1) is 5.82 Å². The van der Waals surface area contributed by atoms with Gasteiger partial charge in [0.05, 0.1) is 12.1 Å². The maximum Gasteiger partial charge on any atom is 0.264 e. The van der Waals surface area contributed by atoms with Crippen molar-refractivity contribution in [3.8, 4) is 5.75 Å². The summed E-state index contributed by atoms with van der Waals surface area (Å²) in [6.45, 7) is 3.21. The topological polar surface area (TPSA) is 58.6 Å². The van der Waals surface area contributed by atoms with Gasteiger partial charge in [0.2, 0.25) is 0 Å². The van der Waals surface area contributed by atoms with E-state index in [2.05, 4.69) is 5.32 Å². The Morgan fingerprint density at radius 3 is 2.47 bits per heavy atom. The fourth-order valence-electron chi connectivity index (χ4n) is 1.71. The molecule has 5 heteroatoms. The van der Waals surface area contributed by atoms with Crippen molar-refractivity contribution >= 4 is 5.91 Å². The Labute approximate surface area is 111 Å². The largest absolute Gasteiger partial charge is 0.478 e. The lowest BCUT2D eigenvalue weighted by molar-refractivity contribution is -0.135. The lowest BCUT2D eigenvalue weighted by atomic mass is 10.1. The average Bonchev–Trinajstić information content (AvgIpc) is 3.12. The highest BCUT2D eigenvalue weighted by atomic mass is 19.1. The lowest BCUT2D eigenvalue weighted by Gasteiger charge is -2.27. The van der Waals surface area contributed by atoms with Crippen LogP contribution in [0.15, 0.2) is 24.3 Å². The molecule has 0 bridgehead atoms. The predicted octanol–water partition coefficient (Wildman–Crippen LogP) is 1.62. The van der Waals surface area contributed by atoms with Crippen molar-refractivity contribution in [2.24, 2.45) is 0 Å². The highest BCUT2D eigenvalue weighted by Gasteiger charge is 2.46. The second-order valence-electron chi connectivity index (χ2n) is 5.46. The molecule has 1 aliphatic carbocycles. The Morgan fingerprint density at radius 1 is 1.42 bits per heavy atom. The van der Waals surface area contributed by atoms with Crippen LogP contribution in [-0.4, -0.2) is 28.8 Å². The van der Waals surface area contributed by atoms with Crippen LogP contribution in [-0.2, 0) is 4.79 Å². The number of aliphatic hydroxyl groups excluding tert-OH is 1. The minimum Gasteiger partial charge on any atom is -0.478 e. The number of aliphatic hydroxyl groups is 1. The lowest BCUT2D eigenvalue weighted by Crippen LogP contribution is -2.52. The van der Waals surface area contributed by atoms with Crippen LogP contribution in [0.3, 0.4) is 0 Å². The van der Waals surface area contributed by atoms with Crippen molar-refractivity contribution < 1.29 is 19.0 Å². The van der Waals surface area contributed by atoms with Gasteiger partial charge in [-0.3, -0.25) is 4.79 Å². The van der Waals surface area contributed by atoms with Gasteiger partial charge in [0.1, 0.15) is 11.6 Å². The van der Waals surface area contributed by atoms with Gasteiger partial charge in [0, 0.05) is 0 Å². The van der Waals surface area contributed by atoms with Crippen LogP contribution >= 0.6 is 0 Å². The summed E-state index contributed by atoms with van der Waals surface area (Å²) in [7, 11) is 0. The number of halogens is 1. The van der Waals surface area contributed by atoms with Gasteiger partial charge in [0.25, 0.3) is 5.91 Å². The smallest absolute Gasteiger partial charge is 0.264 e. The summed E-state index contributed by atoms with van der Waals surface area (Å²) in [6.07, 6.45) is 1.56. The van der Waals surface area contributed by atoms with Crippen LogP contribution in [0.1, 0.15) is 26.7 Å². The maximum absolute atomic E-state index is 12.8. The van der Waals surface area contributed by atoms with Crippen LogP contribution in [0.4, 0.5) is 4.39 Å². The molecule has 1 saturated carbocycles. The molecule has 19 heavy (non-hydrogen) atoms. The quantitative estimate of drug-likeness (QED) is 0.852. The Balaban J connectivity index is 2.01. The molecule has 0 atom stereocenters. The molecular formula is C14H18FNO3. The molecule has 0 saturated heterocycles. The Bertz CT molecular complexity index is 466. The van der Waals surface area contributed by atoms with Crippen molar-refractivity contribution in [2.45, 2.75) is 37.8 Å². The molecule has 1 fully saturated rings. The molecule has 0 spiro atoms. The first-order valence-corrected chi connectivity index (χ1v) is 6.25. The number of carbonyl (C=O) groups excluding carboxylic acids is 1. The summed E-state index contributed by atoms with van der Waals surface area (Å²) in [6, 6.07) is 5.51. The molecule has 1 amide bonds. The van der Waals surface area contributed by atoms with Crippen LogP contribution in [0.2, 0.25) is 0 Å². The molecule has 4 nitrogen and oxygen atoms in total. The number of hydrogen-bond donors (Lipinski definition) is 2. The molecule has 0 unspecified atom stereocenters. The summed E-state index contributed by atoms with van der Waals surface area (Å²) < 4.78 is 18.4. The van der Waals surface area contributed by atoms with Gasteiger partial charge in [-0.1, -0.05) is 0 Å². The molecule has 0 heterocycles. The normalized spacial score (nSPS) is 16.8. The van der Waals surface area contributed by atoms with E-state index in [-0.39, 0.29) is 18.3 Å². The van der Waals surface area contributed by atoms with E-state index < -0.39 is 11.1 Å². The van der Waals surface area contributed by atoms with Gasteiger partial charge >= 0.3 is 0 Å². The summed E-state index contributed by atoms with van der Waals surface area (Å²) in [5.41, 5.74) is -1.55. The van der Waals surface area contributed by atoms with E-state index in [1.54, 1.807) is 13.8 Å². The molecule has 1 aromatic rings. The first-order valence-electron chi connectivity index (χ1n) is 6.25. The fourth-order valence-corrected chi connectivity index (χ4v) is 1.71. The summed E-state index contributed by atoms with van der Waals surface area (Å²) in [5.74, 6) is -0.217. The number of benzene rings is 1. The van der Waals surface area contributed by atoms with Gasteiger partial charge in [-0.2, -0.15) is 0 Å².